The number of pyridine rings is 1. The van der Waals surface area contributed by atoms with Crippen LogP contribution in [0.2, 0.25) is 0 Å². The molecule has 34 heavy (non-hydrogen) atoms. The number of nitrogens with one attached hydrogen (secondary N) is 2. The van der Waals surface area contributed by atoms with Crippen LogP contribution in [0, 0.1) is 0 Å². The number of hydrogen-bond donors (Lipinski definition) is 2. The Bertz CT molecular complexity index is 1400. The number of aldehydes is 1. The standard InChI is InChI=1S/C24H25N7O2S/c1-14-12-25-22-21-16-2-5-20(27-17(16)3-4-19(21)34-23(22)24(33)26-14)31-13-18(28-29-31)15-6-8-30(9-7-15)10-11-32/h2-5,11,13-15,25H,6-10,12H2,1H3,(H,26,33)/t14-/m1/s1. The van der Waals surface area contributed by atoms with E-state index in [1.165, 1.54) is 11.3 Å². The van der Waals surface area contributed by atoms with E-state index in [-0.39, 0.29) is 11.9 Å². The molecule has 0 radical (unpaired) electrons. The van der Waals surface area contributed by atoms with Gasteiger partial charge in [-0.15, -0.1) is 16.4 Å². The number of carbonyl (C=O) groups is 2. The third-order valence-electron chi connectivity index (χ3n) is 6.76. The van der Waals surface area contributed by atoms with Gasteiger partial charge in [-0.1, -0.05) is 5.21 Å². The third-order valence-corrected chi connectivity index (χ3v) is 7.91. The zero-order chi connectivity index (χ0) is 23.2. The van der Waals surface area contributed by atoms with E-state index in [1.807, 2.05) is 31.3 Å². The lowest BCUT2D eigenvalue weighted by molar-refractivity contribution is -0.109. The normalized spacial score (nSPS) is 19.6. The summed E-state index contributed by atoms with van der Waals surface area (Å²) in [6, 6.07) is 8.11. The van der Waals surface area contributed by atoms with Crippen molar-refractivity contribution in [3.8, 4) is 5.82 Å². The van der Waals surface area contributed by atoms with Crippen molar-refractivity contribution in [2.45, 2.75) is 31.7 Å². The van der Waals surface area contributed by atoms with E-state index in [2.05, 4.69) is 31.9 Å². The molecule has 2 N–H and O–H groups in total. The first-order valence-corrected chi connectivity index (χ1v) is 12.4. The van der Waals surface area contributed by atoms with Gasteiger partial charge in [-0.3, -0.25) is 9.69 Å². The van der Waals surface area contributed by atoms with Crippen molar-refractivity contribution in [1.82, 2.24) is 30.2 Å². The summed E-state index contributed by atoms with van der Waals surface area (Å²) in [5.41, 5.74) is 2.71. The fourth-order valence-electron chi connectivity index (χ4n) is 4.93. The molecule has 1 fully saturated rings. The second kappa shape index (κ2) is 8.44. The van der Waals surface area contributed by atoms with Gasteiger partial charge in [-0.05, 0) is 57.1 Å². The smallest absolute Gasteiger partial charge is 0.263 e. The number of anilines is 1. The molecule has 0 bridgehead atoms. The monoisotopic (exact) mass is 475 g/mol. The summed E-state index contributed by atoms with van der Waals surface area (Å²) < 4.78 is 2.80. The fraction of sp³-hybridized carbons (Fsp3) is 0.375. The average Bonchev–Trinajstić information content (AvgIpc) is 3.45. The second-order valence-electron chi connectivity index (χ2n) is 9.07. The highest BCUT2D eigenvalue weighted by atomic mass is 32.1. The van der Waals surface area contributed by atoms with E-state index in [0.717, 1.165) is 69.5 Å². The van der Waals surface area contributed by atoms with Crippen LogP contribution in [0.1, 0.15) is 41.0 Å². The van der Waals surface area contributed by atoms with Crippen LogP contribution in [0.4, 0.5) is 5.69 Å². The molecule has 2 aliphatic heterocycles. The van der Waals surface area contributed by atoms with E-state index >= 15 is 0 Å². The predicted molar refractivity (Wildman–Crippen MR) is 132 cm³/mol. The molecule has 0 aliphatic carbocycles. The molecular weight excluding hydrogens is 450 g/mol. The highest BCUT2D eigenvalue weighted by Crippen LogP contribution is 2.41. The molecule has 174 valence electrons. The summed E-state index contributed by atoms with van der Waals surface area (Å²) in [7, 11) is 0. The first-order valence-electron chi connectivity index (χ1n) is 11.6. The van der Waals surface area contributed by atoms with Crippen molar-refractivity contribution in [3.05, 3.63) is 41.0 Å². The Morgan fingerprint density at radius 1 is 1.21 bits per heavy atom. The third kappa shape index (κ3) is 3.63. The maximum absolute atomic E-state index is 12.7. The van der Waals surface area contributed by atoms with Gasteiger partial charge in [-0.2, -0.15) is 0 Å². The quantitative estimate of drug-likeness (QED) is 0.437. The molecule has 5 heterocycles. The summed E-state index contributed by atoms with van der Waals surface area (Å²) >= 11 is 1.51. The van der Waals surface area contributed by atoms with Crippen molar-refractivity contribution in [3.63, 3.8) is 0 Å². The number of nitrogens with zero attached hydrogens (tertiary/aromatic N) is 5. The van der Waals surface area contributed by atoms with E-state index in [0.29, 0.717) is 24.8 Å². The van der Waals surface area contributed by atoms with Crippen molar-refractivity contribution < 1.29 is 9.59 Å². The molecule has 0 saturated carbocycles. The number of likely N-dealkylation sites (tertiary alicyclic amines) is 1. The summed E-state index contributed by atoms with van der Waals surface area (Å²) in [4.78, 5) is 31.2. The van der Waals surface area contributed by atoms with Crippen LogP contribution in [0.25, 0.3) is 26.8 Å². The van der Waals surface area contributed by atoms with Crippen LogP contribution in [-0.2, 0) is 4.79 Å². The van der Waals surface area contributed by atoms with E-state index < -0.39 is 0 Å². The number of piperidine rings is 1. The van der Waals surface area contributed by atoms with Gasteiger partial charge in [0, 0.05) is 34.0 Å². The SMILES string of the molecule is C[C@@H]1CNc2c(sc3ccc4nc(-n5cc(C6CCN(CC=O)CC6)nn5)ccc4c23)C(=O)N1. The fourth-order valence-corrected chi connectivity index (χ4v) is 6.03. The van der Waals surface area contributed by atoms with Gasteiger partial charge >= 0.3 is 0 Å². The van der Waals surface area contributed by atoms with Gasteiger partial charge in [-0.25, -0.2) is 9.67 Å². The molecule has 0 spiro atoms. The van der Waals surface area contributed by atoms with Crippen molar-refractivity contribution in [1.29, 1.82) is 0 Å². The maximum Gasteiger partial charge on any atom is 0.263 e. The highest BCUT2D eigenvalue weighted by molar-refractivity contribution is 7.21. The predicted octanol–water partition coefficient (Wildman–Crippen LogP) is 2.95. The summed E-state index contributed by atoms with van der Waals surface area (Å²) in [5.74, 6) is 1.03. The van der Waals surface area contributed by atoms with Crippen molar-refractivity contribution in [2.24, 2.45) is 0 Å². The van der Waals surface area contributed by atoms with Crippen LogP contribution < -0.4 is 10.6 Å². The molecule has 10 heteroatoms. The number of fused-ring (bicyclic) bond motifs is 5. The summed E-state index contributed by atoms with van der Waals surface area (Å²) in [5, 5.41) is 17.3. The van der Waals surface area contributed by atoms with Gasteiger partial charge in [0.1, 0.15) is 11.2 Å². The van der Waals surface area contributed by atoms with Crippen LogP contribution in [0.5, 0.6) is 0 Å². The van der Waals surface area contributed by atoms with Crippen molar-refractivity contribution in [2.75, 3.05) is 31.5 Å². The molecule has 1 amide bonds. The lowest BCUT2D eigenvalue weighted by Crippen LogP contribution is -2.34. The molecule has 3 aromatic heterocycles. The Morgan fingerprint density at radius 3 is 2.88 bits per heavy atom. The first-order chi connectivity index (χ1) is 16.6. The number of amides is 1. The second-order valence-corrected chi connectivity index (χ2v) is 10.1. The Hall–Kier alpha value is -3.37. The Kier molecular flexibility index (Phi) is 5.26. The maximum atomic E-state index is 12.7. The van der Waals surface area contributed by atoms with Crippen molar-refractivity contribution >= 4 is 50.2 Å². The van der Waals surface area contributed by atoms with E-state index in [4.69, 9.17) is 4.98 Å². The average molecular weight is 476 g/mol. The Labute approximate surface area is 200 Å². The molecule has 1 aromatic carbocycles. The molecule has 1 atom stereocenters. The molecule has 2 aliphatic rings. The van der Waals surface area contributed by atoms with Gasteiger partial charge in [0.15, 0.2) is 5.82 Å². The molecule has 0 unspecified atom stereocenters. The lowest BCUT2D eigenvalue weighted by Gasteiger charge is -2.29. The van der Waals surface area contributed by atoms with Gasteiger partial charge in [0.25, 0.3) is 5.91 Å². The highest BCUT2D eigenvalue weighted by Gasteiger charge is 2.25. The molecular formula is C24H25N7O2S. The number of benzene rings is 1. The lowest BCUT2D eigenvalue weighted by atomic mass is 9.94. The van der Waals surface area contributed by atoms with E-state index in [1.54, 1.807) is 4.68 Å². The molecule has 6 rings (SSSR count). The molecule has 1 saturated heterocycles. The minimum absolute atomic E-state index is 0.0291. The Morgan fingerprint density at radius 2 is 2.06 bits per heavy atom. The Balaban J connectivity index is 1.32. The van der Waals surface area contributed by atoms with Crippen LogP contribution in [0.3, 0.4) is 0 Å². The number of rotatable bonds is 4. The largest absolute Gasteiger partial charge is 0.381 e. The summed E-state index contributed by atoms with van der Waals surface area (Å²) in [6.45, 7) is 4.98. The minimum Gasteiger partial charge on any atom is -0.381 e. The van der Waals surface area contributed by atoms with Crippen LogP contribution in [0.15, 0.2) is 30.5 Å². The number of carbonyl (C=O) groups excluding carboxylic acids is 2. The van der Waals surface area contributed by atoms with Gasteiger partial charge < -0.3 is 15.4 Å². The van der Waals surface area contributed by atoms with Crippen LogP contribution >= 0.6 is 11.3 Å². The van der Waals surface area contributed by atoms with Gasteiger partial charge in [0.05, 0.1) is 29.6 Å². The first kappa shape index (κ1) is 21.2. The molecule has 9 nitrogen and oxygen atoms in total. The van der Waals surface area contributed by atoms with Gasteiger partial charge in [0.2, 0.25) is 0 Å². The number of hydrogen-bond acceptors (Lipinski definition) is 8. The van der Waals surface area contributed by atoms with Crippen LogP contribution in [-0.4, -0.2) is 69.3 Å². The summed E-state index contributed by atoms with van der Waals surface area (Å²) in [6.07, 6.45) is 4.88. The zero-order valence-corrected chi connectivity index (χ0v) is 19.6. The zero-order valence-electron chi connectivity index (χ0n) is 18.8. The van der Waals surface area contributed by atoms with E-state index in [9.17, 15) is 9.59 Å². The number of thiophene rings is 1. The topological polar surface area (TPSA) is 105 Å². The number of aromatic nitrogens is 4. The molecule has 4 aromatic rings. The minimum atomic E-state index is -0.0291.